The second-order valence-corrected chi connectivity index (χ2v) is 2.85. The highest BCUT2D eigenvalue weighted by molar-refractivity contribution is 5.83. The van der Waals surface area contributed by atoms with Gasteiger partial charge < -0.3 is 9.47 Å². The van der Waals surface area contributed by atoms with Crippen LogP contribution in [0.2, 0.25) is 0 Å². The molecular weight excluding hydrogens is 196 g/mol. The molecule has 0 saturated heterocycles. The molecule has 0 heterocycles. The van der Waals surface area contributed by atoms with Crippen LogP contribution in [0.1, 0.15) is 23.7 Å². The van der Waals surface area contributed by atoms with E-state index in [0.29, 0.717) is 17.6 Å². The van der Waals surface area contributed by atoms with Gasteiger partial charge in [0, 0.05) is 6.42 Å². The Balaban J connectivity index is 2.97. The van der Waals surface area contributed by atoms with Gasteiger partial charge in [-0.25, -0.2) is 0 Å². The van der Waals surface area contributed by atoms with E-state index in [1.807, 2.05) is 0 Å². The second kappa shape index (κ2) is 5.14. The minimum Gasteiger partial charge on any atom is -0.497 e. The molecule has 1 aromatic rings. The van der Waals surface area contributed by atoms with Crippen LogP contribution in [-0.4, -0.2) is 19.4 Å². The third kappa shape index (κ3) is 2.80. The van der Waals surface area contributed by atoms with Crippen LogP contribution >= 0.6 is 0 Å². The topological polar surface area (TPSA) is 52.6 Å². The molecule has 0 unspecified atom stereocenters. The Morgan fingerprint density at radius 3 is 2.73 bits per heavy atom. The lowest BCUT2D eigenvalue weighted by molar-refractivity contribution is -0.134. The van der Waals surface area contributed by atoms with E-state index < -0.39 is 0 Å². The van der Waals surface area contributed by atoms with Crippen molar-refractivity contribution in [2.24, 2.45) is 0 Å². The first-order chi connectivity index (χ1) is 7.21. The molecule has 0 fully saturated rings. The summed E-state index contributed by atoms with van der Waals surface area (Å²) in [6.45, 7) is 1.69. The van der Waals surface area contributed by atoms with Crippen molar-refractivity contribution < 1.29 is 19.1 Å². The number of ether oxygens (including phenoxy) is 2. The van der Waals surface area contributed by atoms with Crippen LogP contribution in [0, 0.1) is 0 Å². The summed E-state index contributed by atoms with van der Waals surface area (Å²) in [5.41, 5.74) is 0.302. The Kier molecular flexibility index (Phi) is 3.85. The molecule has 0 saturated carbocycles. The van der Waals surface area contributed by atoms with Gasteiger partial charge in [-0.3, -0.25) is 9.59 Å². The Morgan fingerprint density at radius 1 is 1.47 bits per heavy atom. The number of carbonyl (C=O) groups is 2. The summed E-state index contributed by atoms with van der Waals surface area (Å²) in [4.78, 5) is 21.8. The van der Waals surface area contributed by atoms with Crippen LogP contribution in [0.15, 0.2) is 18.2 Å². The average Bonchev–Trinajstić information content (AvgIpc) is 2.29. The third-order valence-electron chi connectivity index (χ3n) is 1.86. The van der Waals surface area contributed by atoms with Crippen LogP contribution in [0.3, 0.4) is 0 Å². The highest BCUT2D eigenvalue weighted by Gasteiger charge is 2.08. The van der Waals surface area contributed by atoms with E-state index in [1.165, 1.54) is 19.2 Å². The van der Waals surface area contributed by atoms with Crippen LogP contribution < -0.4 is 9.47 Å². The van der Waals surface area contributed by atoms with Crippen LogP contribution in [0.5, 0.6) is 11.5 Å². The lowest BCUT2D eigenvalue weighted by Gasteiger charge is -2.06. The summed E-state index contributed by atoms with van der Waals surface area (Å²) in [6.07, 6.45) is 0.894. The molecule has 0 spiro atoms. The molecule has 4 heteroatoms. The molecule has 0 N–H and O–H groups in total. The molecule has 0 bridgehead atoms. The molecule has 0 aliphatic rings. The number of rotatable bonds is 4. The van der Waals surface area contributed by atoms with Crippen LogP contribution in [0.4, 0.5) is 0 Å². The maximum atomic E-state index is 11.0. The number of esters is 1. The van der Waals surface area contributed by atoms with Gasteiger partial charge in [0.1, 0.15) is 11.5 Å². The monoisotopic (exact) mass is 208 g/mol. The number of carbonyl (C=O) groups excluding carboxylic acids is 2. The Labute approximate surface area is 87.8 Å². The molecule has 80 valence electrons. The van der Waals surface area contributed by atoms with Gasteiger partial charge in [-0.1, -0.05) is 6.92 Å². The second-order valence-electron chi connectivity index (χ2n) is 2.85. The number of aldehydes is 1. The Hall–Kier alpha value is -1.84. The van der Waals surface area contributed by atoms with Crippen LogP contribution in [0.25, 0.3) is 0 Å². The fourth-order valence-corrected chi connectivity index (χ4v) is 1.03. The molecule has 0 radical (unpaired) electrons. The third-order valence-corrected chi connectivity index (χ3v) is 1.86. The van der Waals surface area contributed by atoms with Gasteiger partial charge in [0.05, 0.1) is 12.7 Å². The summed E-state index contributed by atoms with van der Waals surface area (Å²) < 4.78 is 9.90. The molecule has 0 atom stereocenters. The lowest BCUT2D eigenvalue weighted by atomic mass is 10.2. The Bertz CT molecular complexity index is 371. The van der Waals surface area contributed by atoms with Crippen LogP contribution in [-0.2, 0) is 4.79 Å². The van der Waals surface area contributed by atoms with Gasteiger partial charge in [-0.05, 0) is 18.2 Å². The maximum Gasteiger partial charge on any atom is 0.310 e. The van der Waals surface area contributed by atoms with Crippen molar-refractivity contribution in [3.63, 3.8) is 0 Å². The Morgan fingerprint density at radius 2 is 2.20 bits per heavy atom. The lowest BCUT2D eigenvalue weighted by Crippen LogP contribution is -2.07. The first kappa shape index (κ1) is 11.2. The molecular formula is C11H12O4. The summed E-state index contributed by atoms with van der Waals surface area (Å²) in [5, 5.41) is 0. The van der Waals surface area contributed by atoms with E-state index in [9.17, 15) is 9.59 Å². The molecule has 0 amide bonds. The molecule has 0 aromatic heterocycles. The molecule has 15 heavy (non-hydrogen) atoms. The van der Waals surface area contributed by atoms with Gasteiger partial charge in [0.2, 0.25) is 0 Å². The van der Waals surface area contributed by atoms with E-state index in [1.54, 1.807) is 13.0 Å². The SMILES string of the molecule is CCC(=O)Oc1ccc(OC)cc1C=O. The molecule has 1 aromatic carbocycles. The van der Waals surface area contributed by atoms with E-state index in [4.69, 9.17) is 9.47 Å². The molecule has 0 aliphatic carbocycles. The normalized spacial score (nSPS) is 9.47. The molecule has 4 nitrogen and oxygen atoms in total. The number of benzene rings is 1. The van der Waals surface area contributed by atoms with Crippen molar-refractivity contribution in [2.75, 3.05) is 7.11 Å². The molecule has 1 rings (SSSR count). The van der Waals surface area contributed by atoms with E-state index in [2.05, 4.69) is 0 Å². The minimum absolute atomic E-state index is 0.262. The van der Waals surface area contributed by atoms with Gasteiger partial charge in [0.25, 0.3) is 0 Å². The van der Waals surface area contributed by atoms with Crippen molar-refractivity contribution in [3.05, 3.63) is 23.8 Å². The first-order valence-corrected chi connectivity index (χ1v) is 4.55. The highest BCUT2D eigenvalue weighted by Crippen LogP contribution is 2.22. The number of methoxy groups -OCH3 is 1. The van der Waals surface area contributed by atoms with E-state index >= 15 is 0 Å². The smallest absolute Gasteiger partial charge is 0.310 e. The van der Waals surface area contributed by atoms with E-state index in [-0.39, 0.29) is 18.1 Å². The predicted octanol–water partition coefficient (Wildman–Crippen LogP) is 1.82. The van der Waals surface area contributed by atoms with Gasteiger partial charge >= 0.3 is 5.97 Å². The largest absolute Gasteiger partial charge is 0.497 e. The maximum absolute atomic E-state index is 11.0. The number of hydrogen-bond acceptors (Lipinski definition) is 4. The highest BCUT2D eigenvalue weighted by atomic mass is 16.5. The summed E-state index contributed by atoms with van der Waals surface area (Å²) in [6, 6.07) is 4.69. The zero-order valence-electron chi connectivity index (χ0n) is 8.65. The van der Waals surface area contributed by atoms with Gasteiger partial charge in [0.15, 0.2) is 6.29 Å². The summed E-state index contributed by atoms with van der Waals surface area (Å²) in [5.74, 6) is 0.439. The van der Waals surface area contributed by atoms with Crippen molar-refractivity contribution in [1.29, 1.82) is 0 Å². The predicted molar refractivity (Wildman–Crippen MR) is 54.3 cm³/mol. The first-order valence-electron chi connectivity index (χ1n) is 4.55. The number of hydrogen-bond donors (Lipinski definition) is 0. The zero-order valence-corrected chi connectivity index (χ0v) is 8.65. The van der Waals surface area contributed by atoms with E-state index in [0.717, 1.165) is 0 Å². The minimum atomic E-state index is -0.372. The average molecular weight is 208 g/mol. The standard InChI is InChI=1S/C11H12O4/c1-3-11(13)15-10-5-4-9(14-2)6-8(10)7-12/h4-7H,3H2,1-2H3. The van der Waals surface area contributed by atoms with Gasteiger partial charge in [-0.2, -0.15) is 0 Å². The van der Waals surface area contributed by atoms with Crippen molar-refractivity contribution in [2.45, 2.75) is 13.3 Å². The quantitative estimate of drug-likeness (QED) is 0.430. The molecule has 0 aliphatic heterocycles. The van der Waals surface area contributed by atoms with Gasteiger partial charge in [-0.15, -0.1) is 0 Å². The summed E-state index contributed by atoms with van der Waals surface area (Å²) in [7, 11) is 1.50. The van der Waals surface area contributed by atoms with Crippen molar-refractivity contribution >= 4 is 12.3 Å². The van der Waals surface area contributed by atoms with Crippen molar-refractivity contribution in [1.82, 2.24) is 0 Å². The fourth-order valence-electron chi connectivity index (χ4n) is 1.03. The zero-order chi connectivity index (χ0) is 11.3. The summed E-state index contributed by atoms with van der Waals surface area (Å²) >= 11 is 0. The van der Waals surface area contributed by atoms with Crippen molar-refractivity contribution in [3.8, 4) is 11.5 Å². The fraction of sp³-hybridized carbons (Fsp3) is 0.273.